The van der Waals surface area contributed by atoms with Gasteiger partial charge in [0.2, 0.25) is 5.91 Å². The lowest BCUT2D eigenvalue weighted by Crippen LogP contribution is -2.58. The second kappa shape index (κ2) is 5.34. The highest BCUT2D eigenvalue weighted by atomic mass is 16.3. The topological polar surface area (TPSA) is 66.6 Å². The molecule has 3 N–H and O–H groups in total. The molecule has 114 valence electrons. The predicted molar refractivity (Wildman–Crippen MR) is 81.8 cm³/mol. The van der Waals surface area contributed by atoms with Crippen LogP contribution in [0, 0.1) is 5.92 Å². The first-order valence-corrected chi connectivity index (χ1v) is 7.87. The Balaban J connectivity index is 1.77. The first kappa shape index (κ1) is 14.4. The summed E-state index contributed by atoms with van der Waals surface area (Å²) in [5.41, 5.74) is 8.01. The van der Waals surface area contributed by atoms with E-state index in [-0.39, 0.29) is 11.7 Å². The van der Waals surface area contributed by atoms with Crippen molar-refractivity contribution in [1.82, 2.24) is 4.90 Å². The summed E-state index contributed by atoms with van der Waals surface area (Å²) in [6, 6.07) is 5.43. The number of nitrogens with zero attached hydrogens (tertiary/aromatic N) is 1. The van der Waals surface area contributed by atoms with Crippen LogP contribution < -0.4 is 5.73 Å². The number of hydrogen-bond acceptors (Lipinski definition) is 3. The summed E-state index contributed by atoms with van der Waals surface area (Å²) in [5, 5.41) is 9.62. The Morgan fingerprint density at radius 3 is 3.00 bits per heavy atom. The average molecular weight is 288 g/mol. The highest BCUT2D eigenvalue weighted by molar-refractivity contribution is 5.86. The fraction of sp³-hybridized carbons (Fsp3) is 0.588. The second-order valence-electron chi connectivity index (χ2n) is 6.79. The molecule has 1 amide bonds. The van der Waals surface area contributed by atoms with E-state index >= 15 is 0 Å². The van der Waals surface area contributed by atoms with Gasteiger partial charge >= 0.3 is 0 Å². The number of aromatic hydroxyl groups is 1. The third-order valence-electron chi connectivity index (χ3n) is 4.95. The highest BCUT2D eigenvalue weighted by Gasteiger charge is 2.41. The van der Waals surface area contributed by atoms with Gasteiger partial charge in [-0.2, -0.15) is 0 Å². The third kappa shape index (κ3) is 2.77. The fourth-order valence-corrected chi connectivity index (χ4v) is 3.82. The molecule has 4 nitrogen and oxygen atoms in total. The van der Waals surface area contributed by atoms with Crippen molar-refractivity contribution in [1.29, 1.82) is 0 Å². The van der Waals surface area contributed by atoms with Crippen molar-refractivity contribution in [3.05, 3.63) is 29.3 Å². The van der Waals surface area contributed by atoms with Gasteiger partial charge in [-0.15, -0.1) is 0 Å². The van der Waals surface area contributed by atoms with Crippen LogP contribution >= 0.6 is 0 Å². The van der Waals surface area contributed by atoms with Crippen molar-refractivity contribution in [2.45, 2.75) is 51.1 Å². The van der Waals surface area contributed by atoms with Crippen LogP contribution in [0.3, 0.4) is 0 Å². The van der Waals surface area contributed by atoms with Gasteiger partial charge in [0.25, 0.3) is 0 Å². The van der Waals surface area contributed by atoms with Crippen LogP contribution in [0.1, 0.15) is 43.7 Å². The molecule has 2 unspecified atom stereocenters. The minimum Gasteiger partial charge on any atom is -0.508 e. The van der Waals surface area contributed by atoms with Crippen LogP contribution in [-0.2, 0) is 17.8 Å². The second-order valence-corrected chi connectivity index (χ2v) is 6.79. The quantitative estimate of drug-likeness (QED) is 0.832. The molecular formula is C17H24N2O2. The zero-order valence-corrected chi connectivity index (χ0v) is 12.6. The Hall–Kier alpha value is -1.55. The highest BCUT2D eigenvalue weighted by Crippen LogP contribution is 2.33. The van der Waals surface area contributed by atoms with Crippen LogP contribution in [0.25, 0.3) is 0 Å². The molecule has 0 spiro atoms. The van der Waals surface area contributed by atoms with Crippen LogP contribution in [0.2, 0.25) is 0 Å². The van der Waals surface area contributed by atoms with Gasteiger partial charge in [0.1, 0.15) is 5.75 Å². The zero-order chi connectivity index (χ0) is 15.0. The molecule has 0 bridgehead atoms. The average Bonchev–Trinajstić information content (AvgIpc) is 2.45. The zero-order valence-electron chi connectivity index (χ0n) is 12.6. The molecule has 2 aliphatic rings. The Kier molecular flexibility index (Phi) is 3.66. The molecule has 1 aromatic carbocycles. The van der Waals surface area contributed by atoms with E-state index in [0.717, 1.165) is 37.8 Å². The van der Waals surface area contributed by atoms with Crippen molar-refractivity contribution in [3.8, 4) is 5.75 Å². The molecule has 1 aliphatic heterocycles. The van der Waals surface area contributed by atoms with Gasteiger partial charge in [0.15, 0.2) is 0 Å². The van der Waals surface area contributed by atoms with Crippen molar-refractivity contribution in [2.24, 2.45) is 11.7 Å². The lowest BCUT2D eigenvalue weighted by molar-refractivity contribution is -0.139. The number of carbonyl (C=O) groups excluding carboxylic acids is 1. The minimum atomic E-state index is -0.688. The Morgan fingerprint density at radius 1 is 1.43 bits per heavy atom. The molecule has 1 aliphatic carbocycles. The normalized spacial score (nSPS) is 29.0. The summed E-state index contributed by atoms with van der Waals surface area (Å²) < 4.78 is 0. The summed E-state index contributed by atoms with van der Waals surface area (Å²) in [6.45, 7) is 3.47. The molecule has 0 aromatic heterocycles. The van der Waals surface area contributed by atoms with E-state index in [1.807, 2.05) is 11.0 Å². The lowest BCUT2D eigenvalue weighted by atomic mass is 9.76. The lowest BCUT2D eigenvalue weighted by Gasteiger charge is -2.40. The van der Waals surface area contributed by atoms with Crippen molar-refractivity contribution in [2.75, 3.05) is 6.54 Å². The van der Waals surface area contributed by atoms with Crippen molar-refractivity contribution < 1.29 is 9.90 Å². The number of carbonyl (C=O) groups is 1. The van der Waals surface area contributed by atoms with E-state index in [9.17, 15) is 9.90 Å². The molecular weight excluding hydrogens is 264 g/mol. The van der Waals surface area contributed by atoms with Gasteiger partial charge in [-0.05, 0) is 48.4 Å². The Bertz CT molecular complexity index is 558. The maximum atomic E-state index is 12.9. The smallest absolute Gasteiger partial charge is 0.242 e. The van der Waals surface area contributed by atoms with Crippen LogP contribution in [0.15, 0.2) is 18.2 Å². The number of amides is 1. The SMILES string of the molecule is CC1CCCC(N)(C(=O)N2CCc3ccc(O)cc3C2)C1. The summed E-state index contributed by atoms with van der Waals surface area (Å²) in [7, 11) is 0. The minimum absolute atomic E-state index is 0.0862. The molecule has 4 heteroatoms. The van der Waals surface area contributed by atoms with E-state index in [0.29, 0.717) is 12.5 Å². The van der Waals surface area contributed by atoms with E-state index in [2.05, 4.69) is 6.92 Å². The first-order chi connectivity index (χ1) is 9.98. The van der Waals surface area contributed by atoms with Gasteiger partial charge < -0.3 is 15.7 Å². The standard InChI is InChI=1S/C17H24N2O2/c1-12-3-2-7-17(18,10-12)16(21)19-8-6-13-4-5-15(20)9-14(13)11-19/h4-5,9,12,20H,2-3,6-8,10-11,18H2,1H3. The van der Waals surface area contributed by atoms with Gasteiger partial charge in [-0.1, -0.05) is 25.8 Å². The number of rotatable bonds is 1. The maximum Gasteiger partial charge on any atom is 0.242 e. The molecule has 1 saturated carbocycles. The summed E-state index contributed by atoms with van der Waals surface area (Å²) in [6.07, 6.45) is 4.62. The van der Waals surface area contributed by atoms with E-state index in [1.54, 1.807) is 12.1 Å². The number of nitrogens with two attached hydrogens (primary N) is 1. The predicted octanol–water partition coefficient (Wildman–Crippen LogP) is 2.18. The van der Waals surface area contributed by atoms with E-state index in [1.165, 1.54) is 12.0 Å². The maximum absolute atomic E-state index is 12.9. The number of phenols is 1. The van der Waals surface area contributed by atoms with Gasteiger partial charge in [0.05, 0.1) is 5.54 Å². The number of benzene rings is 1. The number of hydrogen-bond donors (Lipinski definition) is 2. The summed E-state index contributed by atoms with van der Waals surface area (Å²) in [4.78, 5) is 14.7. The third-order valence-corrected chi connectivity index (χ3v) is 4.95. The Labute approximate surface area is 125 Å². The van der Waals surface area contributed by atoms with Gasteiger partial charge in [0, 0.05) is 13.1 Å². The van der Waals surface area contributed by atoms with E-state index in [4.69, 9.17) is 5.73 Å². The largest absolute Gasteiger partial charge is 0.508 e. The molecule has 2 atom stereocenters. The number of phenolic OH excluding ortho intramolecular Hbond substituents is 1. The number of fused-ring (bicyclic) bond motifs is 1. The monoisotopic (exact) mass is 288 g/mol. The van der Waals surface area contributed by atoms with Crippen LogP contribution in [0.4, 0.5) is 0 Å². The fourth-order valence-electron chi connectivity index (χ4n) is 3.82. The van der Waals surface area contributed by atoms with Crippen LogP contribution in [-0.4, -0.2) is 28.0 Å². The Morgan fingerprint density at radius 2 is 2.24 bits per heavy atom. The van der Waals surface area contributed by atoms with E-state index < -0.39 is 5.54 Å². The van der Waals surface area contributed by atoms with Crippen molar-refractivity contribution >= 4 is 5.91 Å². The molecule has 21 heavy (non-hydrogen) atoms. The van der Waals surface area contributed by atoms with Gasteiger partial charge in [-0.25, -0.2) is 0 Å². The molecule has 0 saturated heterocycles. The molecule has 1 fully saturated rings. The van der Waals surface area contributed by atoms with Crippen LogP contribution in [0.5, 0.6) is 5.75 Å². The summed E-state index contributed by atoms with van der Waals surface area (Å²) >= 11 is 0. The van der Waals surface area contributed by atoms with Crippen molar-refractivity contribution in [3.63, 3.8) is 0 Å². The summed E-state index contributed by atoms with van der Waals surface area (Å²) in [5.74, 6) is 0.869. The molecule has 3 rings (SSSR count). The molecule has 1 heterocycles. The molecule has 0 radical (unpaired) electrons. The van der Waals surface area contributed by atoms with Gasteiger partial charge in [-0.3, -0.25) is 4.79 Å². The first-order valence-electron chi connectivity index (χ1n) is 7.87. The molecule has 1 aromatic rings.